The van der Waals surface area contributed by atoms with Crippen LogP contribution in [-0.2, 0) is 40.5 Å². The highest BCUT2D eigenvalue weighted by atomic mass is 32.2. The summed E-state index contributed by atoms with van der Waals surface area (Å²) in [6.45, 7) is 1.30. The van der Waals surface area contributed by atoms with Gasteiger partial charge in [-0.15, -0.1) is 10.2 Å². The molecule has 19 heteroatoms. The SMILES string of the molecule is Cc1cc(S(=O)(=O)O)cc2cc(S(=O)(=O)O)c(N=Nc3ccc4c(S(=O)(=O)O)cccc4c3S(=O)(=O)O)c(O)c12. The number of phenolic OH excluding ortho intramolecular Hbond substituents is 1. The van der Waals surface area contributed by atoms with E-state index < -0.39 is 82.6 Å². The highest BCUT2D eigenvalue weighted by Gasteiger charge is 2.26. The van der Waals surface area contributed by atoms with Crippen LogP contribution >= 0.6 is 0 Å². The second kappa shape index (κ2) is 9.52. The number of nitrogens with zero attached hydrogens (tertiary/aromatic N) is 2. The van der Waals surface area contributed by atoms with E-state index in [0.29, 0.717) is 0 Å². The third-order valence-corrected chi connectivity index (χ3v) is 9.20. The summed E-state index contributed by atoms with van der Waals surface area (Å²) in [6, 6.07) is 7.51. The number of aryl methyl sites for hydroxylation is 1. The molecule has 0 aromatic heterocycles. The van der Waals surface area contributed by atoms with Gasteiger partial charge in [0.25, 0.3) is 40.5 Å². The number of hydrogen-bond donors (Lipinski definition) is 5. The molecule has 0 aliphatic heterocycles. The summed E-state index contributed by atoms with van der Waals surface area (Å²) in [4.78, 5) is -3.41. The standard InChI is InChI=1S/C21H16N2O13S4/c1-10-7-12(37(25,26)27)8-11-9-17(39(31,32)33)19(20(24)18(10)11)23-22-15-6-5-13-14(21(15)40(34,35)36)3-2-4-16(13)38(28,29)30/h2-9,24H,1H3,(H,25,26,27)(H,28,29,30)(H,31,32,33)(H,34,35,36). The maximum absolute atomic E-state index is 12.3. The maximum Gasteiger partial charge on any atom is 0.297 e. The Kier molecular flexibility index (Phi) is 7.00. The molecule has 0 saturated heterocycles. The van der Waals surface area contributed by atoms with E-state index in [-0.39, 0.29) is 21.7 Å². The molecule has 5 N–H and O–H groups in total. The number of benzene rings is 4. The van der Waals surface area contributed by atoms with Crippen LogP contribution in [0.3, 0.4) is 0 Å². The first-order chi connectivity index (χ1) is 18.2. The van der Waals surface area contributed by atoms with Crippen LogP contribution in [0.15, 0.2) is 78.3 Å². The molecular formula is C21H16N2O13S4. The number of rotatable bonds is 6. The van der Waals surface area contributed by atoms with Crippen molar-refractivity contribution in [3.05, 3.63) is 54.1 Å². The lowest BCUT2D eigenvalue weighted by Gasteiger charge is -2.12. The fourth-order valence-corrected chi connectivity index (χ4v) is 6.87. The summed E-state index contributed by atoms with van der Waals surface area (Å²) < 4.78 is 134. The highest BCUT2D eigenvalue weighted by molar-refractivity contribution is 7.87. The van der Waals surface area contributed by atoms with Gasteiger partial charge in [0, 0.05) is 16.2 Å². The van der Waals surface area contributed by atoms with Crippen molar-refractivity contribution in [3.63, 3.8) is 0 Å². The van der Waals surface area contributed by atoms with E-state index in [0.717, 1.165) is 48.5 Å². The number of phenols is 1. The molecule has 0 aliphatic rings. The molecule has 0 atom stereocenters. The zero-order valence-corrected chi connectivity index (χ0v) is 22.9. The van der Waals surface area contributed by atoms with Crippen LogP contribution in [0.2, 0.25) is 0 Å². The Labute approximate surface area is 226 Å². The first-order valence-electron chi connectivity index (χ1n) is 10.4. The maximum atomic E-state index is 12.3. The molecule has 4 aromatic rings. The molecule has 0 saturated carbocycles. The van der Waals surface area contributed by atoms with Crippen LogP contribution in [0.25, 0.3) is 21.5 Å². The Morgan fingerprint density at radius 3 is 1.82 bits per heavy atom. The first-order valence-corrected chi connectivity index (χ1v) is 16.1. The van der Waals surface area contributed by atoms with Crippen LogP contribution in [0.5, 0.6) is 5.75 Å². The lowest BCUT2D eigenvalue weighted by Crippen LogP contribution is -2.03. The average molecular weight is 633 g/mol. The van der Waals surface area contributed by atoms with Crippen molar-refractivity contribution in [1.82, 2.24) is 0 Å². The zero-order valence-electron chi connectivity index (χ0n) is 19.6. The molecule has 15 nitrogen and oxygen atoms in total. The number of aromatic hydroxyl groups is 1. The fourth-order valence-electron chi connectivity index (χ4n) is 4.07. The van der Waals surface area contributed by atoms with E-state index in [1.54, 1.807) is 0 Å². The summed E-state index contributed by atoms with van der Waals surface area (Å²) >= 11 is 0. The van der Waals surface area contributed by atoms with Crippen LogP contribution in [0.4, 0.5) is 11.4 Å². The number of fused-ring (bicyclic) bond motifs is 2. The van der Waals surface area contributed by atoms with E-state index in [1.807, 2.05) is 0 Å². The van der Waals surface area contributed by atoms with Gasteiger partial charge < -0.3 is 5.11 Å². The quantitative estimate of drug-likeness (QED) is 0.151. The molecule has 0 spiro atoms. The van der Waals surface area contributed by atoms with E-state index >= 15 is 0 Å². The van der Waals surface area contributed by atoms with Crippen LogP contribution < -0.4 is 0 Å². The third kappa shape index (κ3) is 5.40. The second-order valence-electron chi connectivity index (χ2n) is 8.28. The molecule has 212 valence electrons. The summed E-state index contributed by atoms with van der Waals surface area (Å²) in [5, 5.41) is 16.9. The van der Waals surface area contributed by atoms with Crippen LogP contribution in [0.1, 0.15) is 5.56 Å². The highest BCUT2D eigenvalue weighted by Crippen LogP contribution is 2.44. The summed E-state index contributed by atoms with van der Waals surface area (Å²) in [7, 11) is -20.0. The van der Waals surface area contributed by atoms with Gasteiger partial charge >= 0.3 is 0 Å². The van der Waals surface area contributed by atoms with Gasteiger partial charge in [0.2, 0.25) is 0 Å². The van der Waals surface area contributed by atoms with Gasteiger partial charge in [0.05, 0.1) is 4.90 Å². The molecule has 0 aliphatic carbocycles. The molecule has 0 bridgehead atoms. The zero-order chi connectivity index (χ0) is 30.0. The summed E-state index contributed by atoms with van der Waals surface area (Å²) in [6.07, 6.45) is 0. The van der Waals surface area contributed by atoms with Crippen LogP contribution in [-0.4, -0.2) is 57.0 Å². The normalized spacial score (nSPS) is 13.4. The van der Waals surface area contributed by atoms with Crippen molar-refractivity contribution in [3.8, 4) is 5.75 Å². The van der Waals surface area contributed by atoms with Gasteiger partial charge in [0.15, 0.2) is 5.75 Å². The van der Waals surface area contributed by atoms with Gasteiger partial charge in [-0.25, -0.2) is 0 Å². The van der Waals surface area contributed by atoms with E-state index in [9.17, 15) is 57.0 Å². The lowest BCUT2D eigenvalue weighted by atomic mass is 10.0. The van der Waals surface area contributed by atoms with E-state index in [1.165, 1.54) is 6.92 Å². The Bertz CT molecular complexity index is 2230. The summed E-state index contributed by atoms with van der Waals surface area (Å²) in [5.41, 5.74) is -1.56. The Balaban J connectivity index is 2.06. The Morgan fingerprint density at radius 1 is 0.650 bits per heavy atom. The predicted molar refractivity (Wildman–Crippen MR) is 138 cm³/mol. The molecule has 4 aromatic carbocycles. The molecule has 0 fully saturated rings. The molecule has 0 heterocycles. The summed E-state index contributed by atoms with van der Waals surface area (Å²) in [5.74, 6) is -0.934. The lowest BCUT2D eigenvalue weighted by molar-refractivity contribution is 0.471. The van der Waals surface area contributed by atoms with E-state index in [4.69, 9.17) is 0 Å². The molecule has 0 radical (unpaired) electrons. The molecule has 0 amide bonds. The predicted octanol–water partition coefficient (Wildman–Crippen LogP) is 3.41. The van der Waals surface area contributed by atoms with Crippen molar-refractivity contribution in [1.29, 1.82) is 0 Å². The van der Waals surface area contributed by atoms with Crippen molar-refractivity contribution in [2.75, 3.05) is 0 Å². The Morgan fingerprint density at radius 2 is 1.27 bits per heavy atom. The fraction of sp³-hybridized carbons (Fsp3) is 0.0476. The third-order valence-electron chi connectivity index (χ3n) is 5.64. The molecular weight excluding hydrogens is 617 g/mol. The number of azo groups is 1. The largest absolute Gasteiger partial charge is 0.505 e. The minimum atomic E-state index is -5.20. The van der Waals surface area contributed by atoms with Crippen molar-refractivity contribution in [2.24, 2.45) is 10.2 Å². The van der Waals surface area contributed by atoms with Gasteiger partial charge in [-0.1, -0.05) is 18.2 Å². The van der Waals surface area contributed by atoms with Crippen molar-refractivity contribution in [2.45, 2.75) is 26.5 Å². The minimum Gasteiger partial charge on any atom is -0.505 e. The van der Waals surface area contributed by atoms with Gasteiger partial charge in [0.1, 0.15) is 26.1 Å². The van der Waals surface area contributed by atoms with Crippen molar-refractivity contribution < 1.29 is 57.0 Å². The van der Waals surface area contributed by atoms with Crippen molar-refractivity contribution >= 4 is 73.4 Å². The van der Waals surface area contributed by atoms with Gasteiger partial charge in [-0.2, -0.15) is 33.7 Å². The topological polar surface area (TPSA) is 262 Å². The smallest absolute Gasteiger partial charge is 0.297 e. The minimum absolute atomic E-state index is 0.0167. The van der Waals surface area contributed by atoms with E-state index in [2.05, 4.69) is 10.2 Å². The molecule has 40 heavy (non-hydrogen) atoms. The molecule has 4 rings (SSSR count). The van der Waals surface area contributed by atoms with Gasteiger partial charge in [-0.3, -0.25) is 18.2 Å². The second-order valence-corrected chi connectivity index (χ2v) is 13.8. The molecule has 0 unspecified atom stereocenters. The Hall–Kier alpha value is -3.56. The van der Waals surface area contributed by atoms with Gasteiger partial charge in [-0.05, 0) is 48.2 Å². The van der Waals surface area contributed by atoms with Crippen LogP contribution in [0, 0.1) is 6.92 Å². The number of hydrogen-bond acceptors (Lipinski definition) is 11. The first kappa shape index (κ1) is 29.4. The average Bonchev–Trinajstić information content (AvgIpc) is 2.79. The monoisotopic (exact) mass is 632 g/mol.